The van der Waals surface area contributed by atoms with Crippen LogP contribution < -0.4 is 5.32 Å². The zero-order chi connectivity index (χ0) is 12.0. The van der Waals surface area contributed by atoms with Crippen molar-refractivity contribution in [1.29, 1.82) is 0 Å². The Morgan fingerprint density at radius 2 is 2.31 bits per heavy atom. The van der Waals surface area contributed by atoms with Gasteiger partial charge in [-0.25, -0.2) is 0 Å². The fraction of sp³-hybridized carbons (Fsp3) is 0.500. The average molecular weight is 221 g/mol. The highest BCUT2D eigenvalue weighted by atomic mass is 16.2. The second-order valence-electron chi connectivity index (χ2n) is 3.58. The fourth-order valence-electron chi connectivity index (χ4n) is 1.49. The summed E-state index contributed by atoms with van der Waals surface area (Å²) in [4.78, 5) is 11.5. The predicted octanol–water partition coefficient (Wildman–Crippen LogP) is 1.31. The first-order valence-electron chi connectivity index (χ1n) is 5.64. The number of amides is 1. The summed E-state index contributed by atoms with van der Waals surface area (Å²) >= 11 is 0. The lowest BCUT2D eigenvalue weighted by Crippen LogP contribution is -2.28. The molecule has 0 bridgehead atoms. The standard InChI is InChI=1S/C12H19N3O/c1-4-7-13-12(16)9-15-11(6-3)8-10(5-2)14-15/h4,8H,1,5-7,9H2,2-3H3,(H,13,16). The summed E-state index contributed by atoms with van der Waals surface area (Å²) < 4.78 is 1.78. The molecule has 0 aromatic carbocycles. The highest BCUT2D eigenvalue weighted by Crippen LogP contribution is 2.05. The van der Waals surface area contributed by atoms with Gasteiger partial charge in [0.1, 0.15) is 6.54 Å². The van der Waals surface area contributed by atoms with Crippen LogP contribution in [0.1, 0.15) is 25.2 Å². The van der Waals surface area contributed by atoms with E-state index in [4.69, 9.17) is 0 Å². The van der Waals surface area contributed by atoms with Crippen LogP contribution in [-0.4, -0.2) is 22.2 Å². The summed E-state index contributed by atoms with van der Waals surface area (Å²) in [5.74, 6) is -0.0275. The lowest BCUT2D eigenvalue weighted by Gasteiger charge is -2.05. The van der Waals surface area contributed by atoms with Crippen molar-refractivity contribution in [1.82, 2.24) is 15.1 Å². The molecule has 0 aliphatic heterocycles. The molecule has 0 spiro atoms. The molecule has 88 valence electrons. The van der Waals surface area contributed by atoms with E-state index in [0.717, 1.165) is 24.2 Å². The van der Waals surface area contributed by atoms with Crippen LogP contribution in [0.5, 0.6) is 0 Å². The predicted molar refractivity (Wildman–Crippen MR) is 64.2 cm³/mol. The molecule has 1 rings (SSSR count). The molecule has 0 aliphatic carbocycles. The second kappa shape index (κ2) is 6.10. The van der Waals surface area contributed by atoms with Gasteiger partial charge in [0, 0.05) is 12.2 Å². The van der Waals surface area contributed by atoms with E-state index in [2.05, 4.69) is 36.9 Å². The summed E-state index contributed by atoms with van der Waals surface area (Å²) in [7, 11) is 0. The van der Waals surface area contributed by atoms with Crippen LogP contribution in [0.4, 0.5) is 0 Å². The minimum absolute atomic E-state index is 0.0275. The maximum atomic E-state index is 11.5. The van der Waals surface area contributed by atoms with Gasteiger partial charge >= 0.3 is 0 Å². The first kappa shape index (κ1) is 12.5. The van der Waals surface area contributed by atoms with E-state index in [1.54, 1.807) is 10.8 Å². The largest absolute Gasteiger partial charge is 0.351 e. The number of nitrogens with one attached hydrogen (secondary N) is 1. The average Bonchev–Trinajstić information content (AvgIpc) is 2.68. The number of hydrogen-bond acceptors (Lipinski definition) is 2. The molecule has 4 heteroatoms. The molecule has 1 N–H and O–H groups in total. The lowest BCUT2D eigenvalue weighted by molar-refractivity contribution is -0.121. The maximum Gasteiger partial charge on any atom is 0.241 e. The molecule has 0 unspecified atom stereocenters. The zero-order valence-electron chi connectivity index (χ0n) is 9.99. The number of carbonyl (C=O) groups excluding carboxylic acids is 1. The number of carbonyl (C=O) groups is 1. The molecular weight excluding hydrogens is 202 g/mol. The van der Waals surface area contributed by atoms with Crippen molar-refractivity contribution in [3.8, 4) is 0 Å². The molecule has 0 saturated carbocycles. The van der Waals surface area contributed by atoms with Gasteiger partial charge in [0.2, 0.25) is 5.91 Å². The smallest absolute Gasteiger partial charge is 0.241 e. The van der Waals surface area contributed by atoms with Crippen LogP contribution in [0.15, 0.2) is 18.7 Å². The summed E-state index contributed by atoms with van der Waals surface area (Å²) in [5, 5.41) is 7.12. The highest BCUT2D eigenvalue weighted by molar-refractivity contribution is 5.75. The van der Waals surface area contributed by atoms with E-state index >= 15 is 0 Å². The van der Waals surface area contributed by atoms with E-state index in [1.165, 1.54) is 0 Å². The third-order valence-corrected chi connectivity index (χ3v) is 2.38. The van der Waals surface area contributed by atoms with Gasteiger partial charge in [-0.1, -0.05) is 19.9 Å². The maximum absolute atomic E-state index is 11.5. The Balaban J connectivity index is 2.67. The van der Waals surface area contributed by atoms with Crippen LogP contribution in [0.25, 0.3) is 0 Å². The Kier molecular flexibility index (Phi) is 4.76. The van der Waals surface area contributed by atoms with E-state index in [0.29, 0.717) is 6.54 Å². The fourth-order valence-corrected chi connectivity index (χ4v) is 1.49. The van der Waals surface area contributed by atoms with Crippen LogP contribution >= 0.6 is 0 Å². The van der Waals surface area contributed by atoms with Gasteiger partial charge < -0.3 is 5.32 Å². The normalized spacial score (nSPS) is 10.1. The third kappa shape index (κ3) is 3.22. The third-order valence-electron chi connectivity index (χ3n) is 2.38. The Labute approximate surface area is 96.3 Å². The van der Waals surface area contributed by atoms with E-state index in [9.17, 15) is 4.79 Å². The molecule has 1 aromatic heterocycles. The summed E-state index contributed by atoms with van der Waals surface area (Å²) in [6, 6.07) is 2.06. The molecule has 4 nitrogen and oxygen atoms in total. The molecule has 1 amide bonds. The van der Waals surface area contributed by atoms with Crippen molar-refractivity contribution < 1.29 is 4.79 Å². The lowest BCUT2D eigenvalue weighted by atomic mass is 10.2. The van der Waals surface area contributed by atoms with Crippen molar-refractivity contribution >= 4 is 5.91 Å². The summed E-state index contributed by atoms with van der Waals surface area (Å²) in [6.07, 6.45) is 3.45. The minimum atomic E-state index is -0.0275. The molecule has 0 atom stereocenters. The first-order chi connectivity index (χ1) is 7.71. The van der Waals surface area contributed by atoms with E-state index < -0.39 is 0 Å². The van der Waals surface area contributed by atoms with E-state index in [1.807, 2.05) is 0 Å². The van der Waals surface area contributed by atoms with Crippen molar-refractivity contribution in [2.75, 3.05) is 6.54 Å². The Morgan fingerprint density at radius 1 is 1.56 bits per heavy atom. The van der Waals surface area contributed by atoms with Gasteiger partial charge in [0.25, 0.3) is 0 Å². The van der Waals surface area contributed by atoms with Crippen LogP contribution in [-0.2, 0) is 24.2 Å². The topological polar surface area (TPSA) is 46.9 Å². The van der Waals surface area contributed by atoms with Gasteiger partial charge in [-0.2, -0.15) is 5.10 Å². The van der Waals surface area contributed by atoms with Crippen molar-refractivity contribution in [3.63, 3.8) is 0 Å². The molecule has 16 heavy (non-hydrogen) atoms. The van der Waals surface area contributed by atoms with Crippen LogP contribution in [0.3, 0.4) is 0 Å². The number of nitrogens with zero attached hydrogens (tertiary/aromatic N) is 2. The van der Waals surface area contributed by atoms with Crippen molar-refractivity contribution in [2.45, 2.75) is 33.2 Å². The van der Waals surface area contributed by atoms with Crippen molar-refractivity contribution in [3.05, 3.63) is 30.1 Å². The van der Waals surface area contributed by atoms with Gasteiger partial charge in [-0.15, -0.1) is 6.58 Å². The van der Waals surface area contributed by atoms with Crippen LogP contribution in [0.2, 0.25) is 0 Å². The van der Waals surface area contributed by atoms with Gasteiger partial charge in [-0.3, -0.25) is 9.48 Å². The Hall–Kier alpha value is -1.58. The second-order valence-corrected chi connectivity index (χ2v) is 3.58. The molecule has 1 aromatic rings. The van der Waals surface area contributed by atoms with E-state index in [-0.39, 0.29) is 12.5 Å². The van der Waals surface area contributed by atoms with Crippen LogP contribution in [0, 0.1) is 0 Å². The molecule has 0 radical (unpaired) electrons. The molecule has 1 heterocycles. The zero-order valence-corrected chi connectivity index (χ0v) is 9.99. The molecular formula is C12H19N3O. The number of aromatic nitrogens is 2. The van der Waals surface area contributed by atoms with Crippen molar-refractivity contribution in [2.24, 2.45) is 0 Å². The molecule has 0 aliphatic rings. The number of aryl methyl sites for hydroxylation is 2. The number of hydrogen-bond donors (Lipinski definition) is 1. The molecule has 0 saturated heterocycles. The SMILES string of the molecule is C=CCNC(=O)Cn1nc(CC)cc1CC. The monoisotopic (exact) mass is 221 g/mol. The Morgan fingerprint density at radius 3 is 2.88 bits per heavy atom. The van der Waals surface area contributed by atoms with Gasteiger partial charge in [0.15, 0.2) is 0 Å². The summed E-state index contributed by atoms with van der Waals surface area (Å²) in [6.45, 7) is 8.47. The summed E-state index contributed by atoms with van der Waals surface area (Å²) in [5.41, 5.74) is 2.14. The Bertz CT molecular complexity index is 368. The first-order valence-corrected chi connectivity index (χ1v) is 5.64. The molecule has 0 fully saturated rings. The van der Waals surface area contributed by atoms with Gasteiger partial charge in [0.05, 0.1) is 5.69 Å². The number of rotatable bonds is 6. The minimum Gasteiger partial charge on any atom is -0.351 e. The van der Waals surface area contributed by atoms with Gasteiger partial charge in [-0.05, 0) is 18.9 Å². The highest BCUT2D eigenvalue weighted by Gasteiger charge is 2.08. The quantitative estimate of drug-likeness (QED) is 0.736.